The normalized spacial score (nSPS) is 22.5. The number of anilines is 1. The molecule has 2 atom stereocenters. The summed E-state index contributed by atoms with van der Waals surface area (Å²) in [6.07, 6.45) is 6.40. The number of nitro benzene ring substituents is 1. The number of carbonyl (C=O) groups excluding carboxylic acids is 1. The lowest BCUT2D eigenvalue weighted by atomic mass is 9.83. The van der Waals surface area contributed by atoms with E-state index in [0.29, 0.717) is 30.9 Å². The first-order valence-corrected chi connectivity index (χ1v) is 11.9. The Balaban J connectivity index is 1.42. The van der Waals surface area contributed by atoms with Crippen molar-refractivity contribution in [2.45, 2.75) is 57.0 Å². The molecule has 2 aliphatic heterocycles. The Morgan fingerprint density at radius 1 is 1.09 bits per heavy atom. The second-order valence-electron chi connectivity index (χ2n) is 9.77. The van der Waals surface area contributed by atoms with Crippen LogP contribution in [0, 0.1) is 16.0 Å². The molecule has 0 radical (unpaired) electrons. The van der Waals surface area contributed by atoms with Gasteiger partial charge in [-0.25, -0.2) is 0 Å². The number of carbonyl (C=O) groups is 1. The Labute approximate surface area is 193 Å². The van der Waals surface area contributed by atoms with Crippen LogP contribution in [0.2, 0.25) is 0 Å². The van der Waals surface area contributed by atoms with Crippen molar-refractivity contribution in [3.8, 4) is 0 Å². The molecule has 8 heteroatoms. The van der Waals surface area contributed by atoms with Gasteiger partial charge < -0.3 is 14.4 Å². The van der Waals surface area contributed by atoms with Crippen molar-refractivity contribution in [3.05, 3.63) is 68.1 Å². The van der Waals surface area contributed by atoms with Gasteiger partial charge in [-0.05, 0) is 43.4 Å². The summed E-state index contributed by atoms with van der Waals surface area (Å²) in [5, 5.41) is 12.0. The van der Waals surface area contributed by atoms with Crippen LogP contribution in [0.3, 0.4) is 0 Å². The highest BCUT2D eigenvalue weighted by molar-refractivity contribution is 5.96. The minimum Gasteiger partial charge on any atom is -0.365 e. The van der Waals surface area contributed by atoms with Crippen molar-refractivity contribution in [2.75, 3.05) is 25.0 Å². The number of rotatable bonds is 4. The summed E-state index contributed by atoms with van der Waals surface area (Å²) in [4.78, 5) is 40.8. The van der Waals surface area contributed by atoms with E-state index in [4.69, 9.17) is 0 Å². The van der Waals surface area contributed by atoms with Crippen LogP contribution >= 0.6 is 0 Å². The lowest BCUT2D eigenvalue weighted by Crippen LogP contribution is -2.47. The molecule has 174 valence electrons. The van der Waals surface area contributed by atoms with Crippen LogP contribution in [-0.4, -0.2) is 46.5 Å². The van der Waals surface area contributed by atoms with Gasteiger partial charge in [0.1, 0.15) is 5.69 Å². The molecule has 0 spiro atoms. The molecule has 1 aliphatic carbocycles. The van der Waals surface area contributed by atoms with Gasteiger partial charge in [0, 0.05) is 62.0 Å². The van der Waals surface area contributed by atoms with Gasteiger partial charge in [-0.2, -0.15) is 0 Å². The first-order valence-electron chi connectivity index (χ1n) is 11.9. The molecule has 1 amide bonds. The fraction of sp³-hybridized carbons (Fsp3) is 0.520. The zero-order valence-corrected chi connectivity index (χ0v) is 19.0. The number of amides is 1. The van der Waals surface area contributed by atoms with Crippen LogP contribution in [-0.2, 0) is 6.54 Å². The van der Waals surface area contributed by atoms with E-state index in [1.54, 1.807) is 29.2 Å². The van der Waals surface area contributed by atoms with Crippen molar-refractivity contribution < 1.29 is 9.72 Å². The molecule has 0 N–H and O–H groups in total. The SMILES string of the molecule is CN(C(=O)c1ccc(N2C[C@H]3C[C@@H](C2)c2cccc(=O)n2C3)c([N+](=O)[O-])c1)C1CCCCC1. The lowest BCUT2D eigenvalue weighted by Gasteiger charge is -2.43. The van der Waals surface area contributed by atoms with Crippen molar-refractivity contribution in [3.63, 3.8) is 0 Å². The number of benzene rings is 1. The summed E-state index contributed by atoms with van der Waals surface area (Å²) in [5.41, 5.74) is 1.92. The standard InChI is InChI=1S/C25H30N4O4/c1-26(20-6-3-2-4-7-20)25(31)18-10-11-22(23(13-18)29(32)33)27-14-17-12-19(16-27)21-8-5-9-24(30)28(21)15-17/h5,8-11,13,17,19-20H,2-4,6-7,12,14-16H2,1H3/t17-,19+/m1/s1. The summed E-state index contributed by atoms with van der Waals surface area (Å²) in [7, 11) is 1.81. The monoisotopic (exact) mass is 450 g/mol. The zero-order chi connectivity index (χ0) is 23.1. The predicted octanol–water partition coefficient (Wildman–Crippen LogP) is 3.78. The molecule has 2 bridgehead atoms. The Kier molecular flexibility index (Phi) is 5.68. The summed E-state index contributed by atoms with van der Waals surface area (Å²) < 4.78 is 1.85. The average molecular weight is 451 g/mol. The second-order valence-corrected chi connectivity index (χ2v) is 9.77. The van der Waals surface area contributed by atoms with E-state index >= 15 is 0 Å². The van der Waals surface area contributed by atoms with Crippen molar-refractivity contribution in [2.24, 2.45) is 5.92 Å². The number of piperidine rings is 1. The van der Waals surface area contributed by atoms with Gasteiger partial charge in [-0.15, -0.1) is 0 Å². The maximum atomic E-state index is 13.1. The molecular weight excluding hydrogens is 420 g/mol. The summed E-state index contributed by atoms with van der Waals surface area (Å²) in [5.74, 6) is 0.264. The highest BCUT2D eigenvalue weighted by Gasteiger charge is 2.36. The summed E-state index contributed by atoms with van der Waals surface area (Å²) in [6, 6.07) is 10.5. The van der Waals surface area contributed by atoms with Gasteiger partial charge >= 0.3 is 0 Å². The molecule has 3 aliphatic rings. The molecule has 1 aromatic heterocycles. The first-order chi connectivity index (χ1) is 15.9. The minimum atomic E-state index is -0.379. The highest BCUT2D eigenvalue weighted by Crippen LogP contribution is 2.40. The van der Waals surface area contributed by atoms with E-state index in [0.717, 1.165) is 37.8 Å². The van der Waals surface area contributed by atoms with Gasteiger partial charge in [-0.3, -0.25) is 19.7 Å². The average Bonchev–Trinajstić information content (AvgIpc) is 2.84. The van der Waals surface area contributed by atoms with Gasteiger partial charge in [0.2, 0.25) is 0 Å². The fourth-order valence-electron chi connectivity index (χ4n) is 6.00. The maximum Gasteiger partial charge on any atom is 0.293 e. The molecule has 1 aromatic carbocycles. The molecule has 5 rings (SSSR count). The van der Waals surface area contributed by atoms with Crippen LogP contribution in [0.4, 0.5) is 11.4 Å². The van der Waals surface area contributed by atoms with E-state index in [1.165, 1.54) is 12.5 Å². The molecule has 3 heterocycles. The number of nitrogens with zero attached hydrogens (tertiary/aromatic N) is 4. The third-order valence-electron chi connectivity index (χ3n) is 7.68. The molecule has 8 nitrogen and oxygen atoms in total. The predicted molar refractivity (Wildman–Crippen MR) is 126 cm³/mol. The van der Waals surface area contributed by atoms with Crippen molar-refractivity contribution in [1.82, 2.24) is 9.47 Å². The van der Waals surface area contributed by atoms with Crippen LogP contribution in [0.25, 0.3) is 0 Å². The Morgan fingerprint density at radius 2 is 1.88 bits per heavy atom. The number of aromatic nitrogens is 1. The molecule has 1 saturated heterocycles. The van der Waals surface area contributed by atoms with E-state index in [9.17, 15) is 19.7 Å². The Hall–Kier alpha value is -3.16. The van der Waals surface area contributed by atoms with Crippen LogP contribution in [0.5, 0.6) is 0 Å². The maximum absolute atomic E-state index is 13.1. The second kappa shape index (κ2) is 8.65. The van der Waals surface area contributed by atoms with Crippen LogP contribution in [0.1, 0.15) is 60.5 Å². The van der Waals surface area contributed by atoms with Gasteiger partial charge in [0.25, 0.3) is 17.2 Å². The number of hydrogen-bond donors (Lipinski definition) is 0. The van der Waals surface area contributed by atoms with Gasteiger partial charge in [0.05, 0.1) is 4.92 Å². The van der Waals surface area contributed by atoms with Crippen LogP contribution in [0.15, 0.2) is 41.2 Å². The Morgan fingerprint density at radius 3 is 2.64 bits per heavy atom. The van der Waals surface area contributed by atoms with E-state index in [2.05, 4.69) is 4.90 Å². The Bertz CT molecular complexity index is 1140. The van der Waals surface area contributed by atoms with Crippen LogP contribution < -0.4 is 10.5 Å². The quantitative estimate of drug-likeness (QED) is 0.522. The highest BCUT2D eigenvalue weighted by atomic mass is 16.6. The molecule has 33 heavy (non-hydrogen) atoms. The van der Waals surface area contributed by atoms with Crippen molar-refractivity contribution >= 4 is 17.3 Å². The zero-order valence-electron chi connectivity index (χ0n) is 19.0. The number of pyridine rings is 1. The van der Waals surface area contributed by atoms with E-state index in [-0.39, 0.29) is 40.0 Å². The molecule has 2 fully saturated rings. The summed E-state index contributed by atoms with van der Waals surface area (Å²) >= 11 is 0. The lowest BCUT2D eigenvalue weighted by molar-refractivity contribution is -0.384. The fourth-order valence-corrected chi connectivity index (χ4v) is 6.00. The van der Waals surface area contributed by atoms with Gasteiger partial charge in [-0.1, -0.05) is 25.3 Å². The van der Waals surface area contributed by atoms with E-state index in [1.807, 2.05) is 17.7 Å². The number of fused-ring (bicyclic) bond motifs is 4. The third-order valence-corrected chi connectivity index (χ3v) is 7.68. The summed E-state index contributed by atoms with van der Waals surface area (Å²) in [6.45, 7) is 1.92. The molecule has 2 aromatic rings. The minimum absolute atomic E-state index is 0.0200. The van der Waals surface area contributed by atoms with E-state index < -0.39 is 0 Å². The largest absolute Gasteiger partial charge is 0.365 e. The third kappa shape index (κ3) is 4.03. The topological polar surface area (TPSA) is 88.7 Å². The number of nitro groups is 1. The molecule has 0 unspecified atom stereocenters. The van der Waals surface area contributed by atoms with Gasteiger partial charge in [0.15, 0.2) is 0 Å². The van der Waals surface area contributed by atoms with Crippen molar-refractivity contribution in [1.29, 1.82) is 0 Å². The molecule has 1 saturated carbocycles. The number of hydrogen-bond acceptors (Lipinski definition) is 5. The molecular formula is C25H30N4O4. The smallest absolute Gasteiger partial charge is 0.293 e. The first kappa shape index (κ1) is 21.7.